The van der Waals surface area contributed by atoms with Crippen molar-refractivity contribution in [3.05, 3.63) is 0 Å². The summed E-state index contributed by atoms with van der Waals surface area (Å²) in [5.41, 5.74) is 5.57. The van der Waals surface area contributed by atoms with E-state index in [1.165, 1.54) is 19.3 Å². The number of nitrogens with one attached hydrogen (secondary N) is 1. The molecule has 1 aliphatic heterocycles. The number of amides is 1. The van der Waals surface area contributed by atoms with E-state index >= 15 is 0 Å². The summed E-state index contributed by atoms with van der Waals surface area (Å²) in [5, 5.41) is 3.17. The van der Waals surface area contributed by atoms with Crippen LogP contribution in [0.1, 0.15) is 52.9 Å². The van der Waals surface area contributed by atoms with Gasteiger partial charge in [-0.25, -0.2) is 0 Å². The standard InChI is InChI=1S/C17H30N2O2/c1-11-6-4-7-12(11)10-19-15(20)17(18)13-8-5-9-21-14(13)16(17,2)3/h11-14H,4-10,18H2,1-3H3,(H,19,20). The zero-order valence-corrected chi connectivity index (χ0v) is 13.7. The summed E-state index contributed by atoms with van der Waals surface area (Å²) in [7, 11) is 0. The molecule has 0 bridgehead atoms. The molecule has 3 rings (SSSR count). The average molecular weight is 294 g/mol. The van der Waals surface area contributed by atoms with Gasteiger partial charge in [-0.15, -0.1) is 0 Å². The quantitative estimate of drug-likeness (QED) is 0.837. The number of nitrogens with two attached hydrogens (primary N) is 1. The Morgan fingerprint density at radius 2 is 2.05 bits per heavy atom. The fourth-order valence-corrected chi connectivity index (χ4v) is 4.93. The third-order valence-electron chi connectivity index (χ3n) is 6.62. The molecule has 21 heavy (non-hydrogen) atoms. The Bertz CT molecular complexity index is 423. The van der Waals surface area contributed by atoms with E-state index in [9.17, 15) is 4.79 Å². The number of hydrogen-bond donors (Lipinski definition) is 2. The molecule has 5 atom stereocenters. The molecule has 3 fully saturated rings. The molecule has 3 aliphatic rings. The molecule has 120 valence electrons. The van der Waals surface area contributed by atoms with Crippen LogP contribution >= 0.6 is 0 Å². The van der Waals surface area contributed by atoms with Crippen LogP contribution in [0.3, 0.4) is 0 Å². The second kappa shape index (κ2) is 5.24. The minimum Gasteiger partial charge on any atom is -0.377 e. The van der Waals surface area contributed by atoms with E-state index in [-0.39, 0.29) is 23.3 Å². The predicted molar refractivity (Wildman–Crippen MR) is 82.7 cm³/mol. The number of rotatable bonds is 3. The van der Waals surface area contributed by atoms with Crippen LogP contribution < -0.4 is 11.1 Å². The first-order chi connectivity index (χ1) is 9.89. The van der Waals surface area contributed by atoms with Crippen molar-refractivity contribution >= 4 is 5.91 Å². The molecule has 3 N–H and O–H groups in total. The molecule has 0 spiro atoms. The van der Waals surface area contributed by atoms with E-state index in [1.807, 2.05) is 0 Å². The largest absolute Gasteiger partial charge is 0.377 e. The Morgan fingerprint density at radius 3 is 2.71 bits per heavy atom. The molecule has 5 unspecified atom stereocenters. The van der Waals surface area contributed by atoms with Gasteiger partial charge in [-0.1, -0.05) is 33.6 Å². The molecule has 0 aromatic carbocycles. The topological polar surface area (TPSA) is 64.4 Å². The fraction of sp³-hybridized carbons (Fsp3) is 0.941. The molecule has 4 nitrogen and oxygen atoms in total. The number of carbonyl (C=O) groups is 1. The highest BCUT2D eigenvalue weighted by Gasteiger charge is 2.70. The Morgan fingerprint density at radius 1 is 1.29 bits per heavy atom. The molecule has 0 radical (unpaired) electrons. The maximum Gasteiger partial charge on any atom is 0.241 e. The highest BCUT2D eigenvalue weighted by Crippen LogP contribution is 2.57. The molecule has 2 saturated carbocycles. The van der Waals surface area contributed by atoms with Crippen molar-refractivity contribution in [2.24, 2.45) is 28.9 Å². The molecule has 1 heterocycles. The van der Waals surface area contributed by atoms with Crippen LogP contribution in [0.25, 0.3) is 0 Å². The third kappa shape index (κ3) is 2.14. The fourth-order valence-electron chi connectivity index (χ4n) is 4.93. The summed E-state index contributed by atoms with van der Waals surface area (Å²) >= 11 is 0. The van der Waals surface area contributed by atoms with Crippen molar-refractivity contribution < 1.29 is 9.53 Å². The Labute approximate surface area is 128 Å². The molecular weight excluding hydrogens is 264 g/mol. The smallest absolute Gasteiger partial charge is 0.241 e. The summed E-state index contributed by atoms with van der Waals surface area (Å²) in [5.74, 6) is 1.57. The second-order valence-corrected chi connectivity index (χ2v) is 8.01. The predicted octanol–water partition coefficient (Wildman–Crippen LogP) is 2.07. The van der Waals surface area contributed by atoms with Gasteiger partial charge in [0, 0.05) is 24.5 Å². The van der Waals surface area contributed by atoms with Crippen molar-refractivity contribution in [2.45, 2.75) is 64.5 Å². The summed E-state index contributed by atoms with van der Waals surface area (Å²) in [6, 6.07) is 0. The number of fused-ring (bicyclic) bond motifs is 1. The SMILES string of the molecule is CC1CCCC1CNC(=O)C1(N)C2CCCOC2C1(C)C. The average Bonchev–Trinajstić information content (AvgIpc) is 2.89. The van der Waals surface area contributed by atoms with Crippen LogP contribution in [0.4, 0.5) is 0 Å². The Balaban J connectivity index is 1.65. The van der Waals surface area contributed by atoms with E-state index in [0.29, 0.717) is 5.92 Å². The molecule has 4 heteroatoms. The molecule has 2 aliphatic carbocycles. The maximum absolute atomic E-state index is 12.8. The third-order valence-corrected chi connectivity index (χ3v) is 6.62. The van der Waals surface area contributed by atoms with E-state index in [1.54, 1.807) is 0 Å². The van der Waals surface area contributed by atoms with E-state index < -0.39 is 5.54 Å². The van der Waals surface area contributed by atoms with Crippen LogP contribution in [0, 0.1) is 23.2 Å². The van der Waals surface area contributed by atoms with Gasteiger partial charge in [0.25, 0.3) is 0 Å². The van der Waals surface area contributed by atoms with Gasteiger partial charge in [0.15, 0.2) is 0 Å². The minimum atomic E-state index is -0.764. The van der Waals surface area contributed by atoms with Gasteiger partial charge in [0.2, 0.25) is 5.91 Å². The van der Waals surface area contributed by atoms with Gasteiger partial charge in [-0.3, -0.25) is 4.79 Å². The van der Waals surface area contributed by atoms with Crippen LogP contribution in [0.2, 0.25) is 0 Å². The minimum absolute atomic E-state index is 0.0401. The molecule has 1 amide bonds. The Hall–Kier alpha value is -0.610. The van der Waals surface area contributed by atoms with Crippen molar-refractivity contribution in [2.75, 3.05) is 13.2 Å². The van der Waals surface area contributed by atoms with Gasteiger partial charge in [-0.05, 0) is 31.1 Å². The van der Waals surface area contributed by atoms with Crippen molar-refractivity contribution in [3.8, 4) is 0 Å². The van der Waals surface area contributed by atoms with Crippen LogP contribution in [-0.2, 0) is 9.53 Å². The molecule has 1 saturated heterocycles. The summed E-state index contributed by atoms with van der Waals surface area (Å²) in [6.07, 6.45) is 5.99. The lowest BCUT2D eigenvalue weighted by Gasteiger charge is -2.65. The summed E-state index contributed by atoms with van der Waals surface area (Å²) in [6.45, 7) is 8.05. The van der Waals surface area contributed by atoms with Crippen LogP contribution in [-0.4, -0.2) is 30.7 Å². The number of hydrogen-bond acceptors (Lipinski definition) is 3. The normalized spacial score (nSPS) is 44.8. The van der Waals surface area contributed by atoms with Crippen LogP contribution in [0.5, 0.6) is 0 Å². The highest BCUT2D eigenvalue weighted by molar-refractivity contribution is 5.89. The summed E-state index contributed by atoms with van der Waals surface area (Å²) < 4.78 is 5.87. The van der Waals surface area contributed by atoms with Gasteiger partial charge in [-0.2, -0.15) is 0 Å². The van der Waals surface area contributed by atoms with Gasteiger partial charge >= 0.3 is 0 Å². The zero-order chi connectivity index (χ0) is 15.3. The van der Waals surface area contributed by atoms with Crippen molar-refractivity contribution in [3.63, 3.8) is 0 Å². The molecule has 0 aromatic rings. The highest BCUT2D eigenvalue weighted by atomic mass is 16.5. The maximum atomic E-state index is 12.8. The number of carbonyl (C=O) groups excluding carboxylic acids is 1. The van der Waals surface area contributed by atoms with Gasteiger partial charge < -0.3 is 15.8 Å². The first kappa shape index (κ1) is 15.3. The lowest BCUT2D eigenvalue weighted by atomic mass is 9.46. The van der Waals surface area contributed by atoms with Gasteiger partial charge in [0.1, 0.15) is 5.54 Å². The van der Waals surface area contributed by atoms with E-state index in [4.69, 9.17) is 10.5 Å². The monoisotopic (exact) mass is 294 g/mol. The summed E-state index contributed by atoms with van der Waals surface area (Å²) in [4.78, 5) is 12.8. The van der Waals surface area contributed by atoms with E-state index in [0.717, 1.165) is 31.9 Å². The zero-order valence-electron chi connectivity index (χ0n) is 13.7. The lowest BCUT2D eigenvalue weighted by Crippen LogP contribution is -2.82. The number of ether oxygens (including phenoxy) is 1. The molecule has 0 aromatic heterocycles. The van der Waals surface area contributed by atoms with Crippen LogP contribution in [0.15, 0.2) is 0 Å². The second-order valence-electron chi connectivity index (χ2n) is 8.01. The molecular formula is C17H30N2O2. The Kier molecular flexibility index (Phi) is 3.81. The van der Waals surface area contributed by atoms with Crippen molar-refractivity contribution in [1.82, 2.24) is 5.32 Å². The lowest BCUT2D eigenvalue weighted by molar-refractivity contribution is -0.225. The van der Waals surface area contributed by atoms with E-state index in [2.05, 4.69) is 26.1 Å². The van der Waals surface area contributed by atoms with Crippen molar-refractivity contribution in [1.29, 1.82) is 0 Å². The first-order valence-electron chi connectivity index (χ1n) is 8.58. The first-order valence-corrected chi connectivity index (χ1v) is 8.58. The van der Waals surface area contributed by atoms with Gasteiger partial charge in [0.05, 0.1) is 6.10 Å².